The van der Waals surface area contributed by atoms with Gasteiger partial charge in [0.25, 0.3) is 10.1 Å². The molecule has 0 aliphatic carbocycles. The predicted molar refractivity (Wildman–Crippen MR) is 123 cm³/mol. The maximum Gasteiger partial charge on any atom is 0.264 e. The van der Waals surface area contributed by atoms with Crippen molar-refractivity contribution in [3.8, 4) is 0 Å². The monoisotopic (exact) mass is 433 g/mol. The molecule has 0 saturated carbocycles. The molecule has 1 amide bonds. The van der Waals surface area contributed by atoms with Crippen LogP contribution in [0.2, 0.25) is 0 Å². The molecule has 174 valence electrons. The van der Waals surface area contributed by atoms with E-state index in [1.54, 1.807) is 0 Å². The normalized spacial score (nSPS) is 11.7. The molecule has 0 saturated heterocycles. The van der Waals surface area contributed by atoms with Gasteiger partial charge < -0.3 is 5.32 Å². The Hall–Kier alpha value is -0.620. The zero-order valence-electron chi connectivity index (χ0n) is 18.9. The zero-order valence-corrected chi connectivity index (χ0v) is 19.7. The topological polar surface area (TPSA) is 83.5 Å². The summed E-state index contributed by atoms with van der Waals surface area (Å²) >= 11 is 0. The Kier molecular flexibility index (Phi) is 20.2. The standard InChI is InChI=1S/C23H47NO4S/c1-2-3-4-5-6-7-8-9-10-11-12-13-14-15-16-17-18-20-23(25)24-21-19-22-29(26,27)28/h2-22H2,1H3,(H,24,25)(H,26,27,28). The van der Waals surface area contributed by atoms with Crippen molar-refractivity contribution in [3.63, 3.8) is 0 Å². The molecule has 0 aliphatic heterocycles. The van der Waals surface area contributed by atoms with E-state index in [0.717, 1.165) is 12.8 Å². The van der Waals surface area contributed by atoms with Gasteiger partial charge >= 0.3 is 0 Å². The van der Waals surface area contributed by atoms with Crippen LogP contribution >= 0.6 is 0 Å². The summed E-state index contributed by atoms with van der Waals surface area (Å²) in [7, 11) is -3.92. The minimum atomic E-state index is -3.92. The summed E-state index contributed by atoms with van der Waals surface area (Å²) in [5, 5.41) is 2.70. The average molecular weight is 434 g/mol. The summed E-state index contributed by atoms with van der Waals surface area (Å²) in [5.41, 5.74) is 0. The van der Waals surface area contributed by atoms with E-state index in [0.29, 0.717) is 13.0 Å². The van der Waals surface area contributed by atoms with Gasteiger partial charge in [0.05, 0.1) is 5.75 Å². The zero-order chi connectivity index (χ0) is 21.6. The fourth-order valence-electron chi connectivity index (χ4n) is 3.58. The van der Waals surface area contributed by atoms with Crippen molar-refractivity contribution < 1.29 is 17.8 Å². The summed E-state index contributed by atoms with van der Waals surface area (Å²) in [6.07, 6.45) is 23.2. The van der Waals surface area contributed by atoms with E-state index in [1.807, 2.05) is 0 Å². The Morgan fingerprint density at radius 2 is 1.03 bits per heavy atom. The molecule has 0 unspecified atom stereocenters. The van der Waals surface area contributed by atoms with E-state index in [4.69, 9.17) is 4.55 Å². The first-order chi connectivity index (χ1) is 14.0. The van der Waals surface area contributed by atoms with Crippen LogP contribution < -0.4 is 5.32 Å². The summed E-state index contributed by atoms with van der Waals surface area (Å²) < 4.78 is 29.7. The van der Waals surface area contributed by atoms with Gasteiger partial charge in [-0.15, -0.1) is 0 Å². The van der Waals surface area contributed by atoms with E-state index in [9.17, 15) is 13.2 Å². The van der Waals surface area contributed by atoms with Crippen LogP contribution in [-0.4, -0.2) is 31.2 Å². The van der Waals surface area contributed by atoms with Gasteiger partial charge in [-0.3, -0.25) is 9.35 Å². The highest BCUT2D eigenvalue weighted by molar-refractivity contribution is 7.85. The van der Waals surface area contributed by atoms with Crippen molar-refractivity contribution in [2.75, 3.05) is 12.3 Å². The minimum absolute atomic E-state index is 0.0266. The first-order valence-corrected chi connectivity index (χ1v) is 13.8. The first kappa shape index (κ1) is 28.4. The smallest absolute Gasteiger partial charge is 0.264 e. The number of hydrogen-bond donors (Lipinski definition) is 2. The van der Waals surface area contributed by atoms with E-state index in [1.165, 1.54) is 96.3 Å². The maximum absolute atomic E-state index is 11.6. The van der Waals surface area contributed by atoms with Crippen LogP contribution in [0.15, 0.2) is 0 Å². The van der Waals surface area contributed by atoms with Crippen molar-refractivity contribution in [1.82, 2.24) is 5.32 Å². The summed E-state index contributed by atoms with van der Waals surface area (Å²) in [6.45, 7) is 2.57. The van der Waals surface area contributed by atoms with Crippen LogP contribution in [-0.2, 0) is 14.9 Å². The molecule has 2 N–H and O–H groups in total. The van der Waals surface area contributed by atoms with Gasteiger partial charge in [-0.1, -0.05) is 110 Å². The molecule has 0 radical (unpaired) electrons. The number of nitrogens with one attached hydrogen (secondary N) is 1. The Balaban J connectivity index is 3.17. The molecule has 0 rings (SSSR count). The molecule has 0 fully saturated rings. The third kappa shape index (κ3) is 25.3. The van der Waals surface area contributed by atoms with Crippen molar-refractivity contribution in [1.29, 1.82) is 0 Å². The Morgan fingerprint density at radius 3 is 1.41 bits per heavy atom. The van der Waals surface area contributed by atoms with Crippen LogP contribution in [0.25, 0.3) is 0 Å². The number of rotatable bonds is 22. The number of carbonyl (C=O) groups is 1. The Bertz CT molecular complexity index is 465. The molecule has 0 heterocycles. The molecule has 6 heteroatoms. The van der Waals surface area contributed by atoms with Gasteiger partial charge in [-0.25, -0.2) is 0 Å². The van der Waals surface area contributed by atoms with Gasteiger partial charge in [0.1, 0.15) is 0 Å². The molecule has 5 nitrogen and oxygen atoms in total. The van der Waals surface area contributed by atoms with Crippen LogP contribution in [0.1, 0.15) is 129 Å². The lowest BCUT2D eigenvalue weighted by Crippen LogP contribution is -2.25. The van der Waals surface area contributed by atoms with E-state index >= 15 is 0 Å². The fraction of sp³-hybridized carbons (Fsp3) is 0.957. The Labute approximate surface area is 180 Å². The van der Waals surface area contributed by atoms with Crippen molar-refractivity contribution in [3.05, 3.63) is 0 Å². The second kappa shape index (κ2) is 20.6. The van der Waals surface area contributed by atoms with Crippen molar-refractivity contribution >= 4 is 16.0 Å². The SMILES string of the molecule is CCCCCCCCCCCCCCCCCCCC(=O)NCCCS(=O)(=O)O. The lowest BCUT2D eigenvalue weighted by Gasteiger charge is -2.05. The van der Waals surface area contributed by atoms with Gasteiger partial charge in [-0.05, 0) is 12.8 Å². The van der Waals surface area contributed by atoms with Gasteiger partial charge in [0, 0.05) is 13.0 Å². The Morgan fingerprint density at radius 1 is 0.655 bits per heavy atom. The highest BCUT2D eigenvalue weighted by Gasteiger charge is 2.05. The van der Waals surface area contributed by atoms with E-state index < -0.39 is 10.1 Å². The number of unbranched alkanes of at least 4 members (excludes halogenated alkanes) is 16. The average Bonchev–Trinajstić information content (AvgIpc) is 2.67. The largest absolute Gasteiger partial charge is 0.356 e. The lowest BCUT2D eigenvalue weighted by atomic mass is 10.0. The summed E-state index contributed by atoms with van der Waals surface area (Å²) in [5.74, 6) is -0.326. The minimum Gasteiger partial charge on any atom is -0.356 e. The second-order valence-electron chi connectivity index (χ2n) is 8.40. The summed E-state index contributed by atoms with van der Waals surface area (Å²) in [4.78, 5) is 11.6. The predicted octanol–water partition coefficient (Wildman–Crippen LogP) is 6.42. The molecule has 29 heavy (non-hydrogen) atoms. The molecule has 0 atom stereocenters. The van der Waals surface area contributed by atoms with Gasteiger partial charge in [-0.2, -0.15) is 8.42 Å². The fourth-order valence-corrected chi connectivity index (χ4v) is 4.09. The van der Waals surface area contributed by atoms with E-state index in [2.05, 4.69) is 12.2 Å². The lowest BCUT2D eigenvalue weighted by molar-refractivity contribution is -0.121. The van der Waals surface area contributed by atoms with Crippen LogP contribution in [0.3, 0.4) is 0 Å². The number of carbonyl (C=O) groups excluding carboxylic acids is 1. The summed E-state index contributed by atoms with van der Waals surface area (Å²) in [6, 6.07) is 0. The van der Waals surface area contributed by atoms with Crippen LogP contribution in [0.5, 0.6) is 0 Å². The van der Waals surface area contributed by atoms with Crippen LogP contribution in [0, 0.1) is 0 Å². The van der Waals surface area contributed by atoms with Crippen molar-refractivity contribution in [2.45, 2.75) is 129 Å². The first-order valence-electron chi connectivity index (χ1n) is 12.2. The number of hydrogen-bond acceptors (Lipinski definition) is 3. The molecule has 0 aromatic carbocycles. The highest BCUT2D eigenvalue weighted by atomic mass is 32.2. The molecule has 0 aliphatic rings. The van der Waals surface area contributed by atoms with Crippen LogP contribution in [0.4, 0.5) is 0 Å². The van der Waals surface area contributed by atoms with E-state index in [-0.39, 0.29) is 18.1 Å². The van der Waals surface area contributed by atoms with Gasteiger partial charge in [0.15, 0.2) is 0 Å². The third-order valence-electron chi connectivity index (χ3n) is 5.41. The maximum atomic E-state index is 11.6. The van der Waals surface area contributed by atoms with Gasteiger partial charge in [0.2, 0.25) is 5.91 Å². The quantitative estimate of drug-likeness (QED) is 0.152. The third-order valence-corrected chi connectivity index (χ3v) is 6.21. The molecule has 0 bridgehead atoms. The highest BCUT2D eigenvalue weighted by Crippen LogP contribution is 2.14. The molecular formula is C23H47NO4S. The second-order valence-corrected chi connectivity index (χ2v) is 9.97. The molecule has 0 aromatic heterocycles. The molecule has 0 aromatic rings. The van der Waals surface area contributed by atoms with Crippen molar-refractivity contribution in [2.24, 2.45) is 0 Å². The number of amides is 1. The molecule has 0 spiro atoms. The molecular weight excluding hydrogens is 386 g/mol.